The van der Waals surface area contributed by atoms with E-state index in [0.29, 0.717) is 6.42 Å². The predicted octanol–water partition coefficient (Wildman–Crippen LogP) is 1.79. The molecule has 1 atom stereocenters. The van der Waals surface area contributed by atoms with Crippen LogP contribution in [-0.2, 0) is 13.4 Å². The van der Waals surface area contributed by atoms with Crippen molar-refractivity contribution in [3.8, 4) is 0 Å². The highest BCUT2D eigenvalue weighted by atomic mass is 31.2. The zero-order chi connectivity index (χ0) is 13.4. The zero-order valence-corrected chi connectivity index (χ0v) is 11.8. The molecule has 1 rings (SSSR count). The maximum absolute atomic E-state index is 11.1. The van der Waals surface area contributed by atoms with Gasteiger partial charge in [0.2, 0.25) is 8.03 Å². The fraction of sp³-hybridized carbons (Fsp3) is 0.556. The molecule has 1 heterocycles. The van der Waals surface area contributed by atoms with Crippen molar-refractivity contribution >= 4 is 15.9 Å². The molecule has 9 heteroatoms. The Morgan fingerprint density at radius 2 is 1.89 bits per heavy atom. The first kappa shape index (κ1) is 15.5. The molecule has 0 amide bonds. The van der Waals surface area contributed by atoms with E-state index in [-0.39, 0.29) is 6.16 Å². The number of unbranched alkanes of at least 4 members (excludes halogenated alkanes) is 2. The van der Waals surface area contributed by atoms with Crippen molar-refractivity contribution in [3.63, 3.8) is 0 Å². The number of phosphoric acid groups is 1. The Balaban J connectivity index is 1.98. The molecule has 0 saturated heterocycles. The Hall–Kier alpha value is -0.580. The second kappa shape index (κ2) is 7.77. The fourth-order valence-corrected chi connectivity index (χ4v) is 3.36. The third kappa shape index (κ3) is 7.69. The molecule has 0 aliphatic rings. The number of rotatable bonds is 9. The molecule has 1 aromatic rings. The van der Waals surface area contributed by atoms with Gasteiger partial charge in [0, 0.05) is 25.1 Å². The maximum Gasteiger partial charge on any atom is 0.475 e. The Morgan fingerprint density at radius 3 is 2.50 bits per heavy atom. The van der Waals surface area contributed by atoms with Gasteiger partial charge in [0.25, 0.3) is 0 Å². The van der Waals surface area contributed by atoms with E-state index in [1.807, 2.05) is 29.2 Å². The minimum atomic E-state index is -4.60. The van der Waals surface area contributed by atoms with Gasteiger partial charge in [-0.2, -0.15) is 0 Å². The van der Waals surface area contributed by atoms with Crippen molar-refractivity contribution in [1.82, 2.24) is 4.68 Å². The highest BCUT2D eigenvalue weighted by molar-refractivity contribution is 7.57. The molecule has 0 aliphatic carbocycles. The molecule has 0 saturated carbocycles. The van der Waals surface area contributed by atoms with Gasteiger partial charge in [-0.05, 0) is 25.0 Å². The first-order chi connectivity index (χ1) is 8.47. The van der Waals surface area contributed by atoms with Crippen molar-refractivity contribution in [2.45, 2.75) is 19.3 Å². The van der Waals surface area contributed by atoms with E-state index in [2.05, 4.69) is 9.74 Å². The molecule has 0 aliphatic heterocycles. The lowest BCUT2D eigenvalue weighted by Crippen LogP contribution is -2.13. The van der Waals surface area contributed by atoms with Crippen LogP contribution >= 0.6 is 15.9 Å². The summed E-state index contributed by atoms with van der Waals surface area (Å²) in [7, 11) is -7.21. The standard InChI is InChI=1S/C9H18N2O5P2/c12-17(16-18(13,14)15)9-5-1-2-6-10-11-7-3-4-8-11/h3-4,7-8,10,17H,1-2,5-6,9H2,(H2,13,14,15). The van der Waals surface area contributed by atoms with Crippen molar-refractivity contribution in [3.05, 3.63) is 24.5 Å². The van der Waals surface area contributed by atoms with E-state index in [0.717, 1.165) is 19.4 Å². The van der Waals surface area contributed by atoms with Crippen molar-refractivity contribution < 1.29 is 23.2 Å². The van der Waals surface area contributed by atoms with Crippen LogP contribution in [0.4, 0.5) is 0 Å². The summed E-state index contributed by atoms with van der Waals surface area (Å²) in [6.45, 7) is 0.787. The van der Waals surface area contributed by atoms with Crippen LogP contribution in [-0.4, -0.2) is 27.2 Å². The Morgan fingerprint density at radius 1 is 1.22 bits per heavy atom. The largest absolute Gasteiger partial charge is 0.475 e. The normalized spacial score (nSPS) is 13.4. The number of nitrogens with one attached hydrogen (secondary N) is 1. The molecular formula is C9H18N2O5P2. The molecule has 18 heavy (non-hydrogen) atoms. The van der Waals surface area contributed by atoms with Crippen molar-refractivity contribution in [2.75, 3.05) is 18.1 Å². The Kier molecular flexibility index (Phi) is 6.68. The Bertz CT molecular complexity index is 403. The van der Waals surface area contributed by atoms with Gasteiger partial charge < -0.3 is 15.2 Å². The van der Waals surface area contributed by atoms with Crippen molar-refractivity contribution in [2.24, 2.45) is 0 Å². The molecule has 1 aromatic heterocycles. The van der Waals surface area contributed by atoms with Crippen LogP contribution in [0.1, 0.15) is 19.3 Å². The number of hydrogen-bond acceptors (Lipinski definition) is 4. The summed E-state index contributed by atoms with van der Waals surface area (Å²) in [5, 5.41) is 0. The molecule has 104 valence electrons. The fourth-order valence-electron chi connectivity index (χ4n) is 1.40. The Labute approximate surface area is 106 Å². The lowest BCUT2D eigenvalue weighted by atomic mass is 10.2. The lowest BCUT2D eigenvalue weighted by molar-refractivity contribution is 0.288. The smallest absolute Gasteiger partial charge is 0.326 e. The van der Waals surface area contributed by atoms with Crippen LogP contribution in [0.5, 0.6) is 0 Å². The number of aromatic nitrogens is 1. The third-order valence-corrected chi connectivity index (χ3v) is 4.70. The van der Waals surface area contributed by atoms with E-state index in [4.69, 9.17) is 9.79 Å². The van der Waals surface area contributed by atoms with Crippen LogP contribution in [0.25, 0.3) is 0 Å². The molecule has 1 unspecified atom stereocenters. The van der Waals surface area contributed by atoms with Gasteiger partial charge in [-0.1, -0.05) is 6.42 Å². The first-order valence-electron chi connectivity index (χ1n) is 5.62. The maximum atomic E-state index is 11.1. The third-order valence-electron chi connectivity index (χ3n) is 2.18. The molecular weight excluding hydrogens is 278 g/mol. The van der Waals surface area contributed by atoms with E-state index in [1.165, 1.54) is 0 Å². The van der Waals surface area contributed by atoms with Gasteiger partial charge >= 0.3 is 7.82 Å². The predicted molar refractivity (Wildman–Crippen MR) is 69.5 cm³/mol. The first-order valence-corrected chi connectivity index (χ1v) is 8.67. The summed E-state index contributed by atoms with van der Waals surface area (Å²) >= 11 is 0. The lowest BCUT2D eigenvalue weighted by Gasteiger charge is -2.07. The SMILES string of the molecule is O=[PH](CCCCCNn1cccc1)OP(=O)(O)O. The van der Waals surface area contributed by atoms with Gasteiger partial charge in [0.1, 0.15) is 0 Å². The van der Waals surface area contributed by atoms with Crippen LogP contribution in [0.3, 0.4) is 0 Å². The molecule has 0 spiro atoms. The molecule has 0 aromatic carbocycles. The zero-order valence-electron chi connectivity index (χ0n) is 9.86. The minimum absolute atomic E-state index is 0.208. The molecule has 7 nitrogen and oxygen atoms in total. The van der Waals surface area contributed by atoms with Gasteiger partial charge in [-0.3, -0.25) is 9.24 Å². The topological polar surface area (TPSA) is 101 Å². The van der Waals surface area contributed by atoms with Crippen LogP contribution in [0, 0.1) is 0 Å². The van der Waals surface area contributed by atoms with Gasteiger partial charge in [-0.25, -0.2) is 8.88 Å². The van der Waals surface area contributed by atoms with E-state index < -0.39 is 15.9 Å². The minimum Gasteiger partial charge on any atom is -0.326 e. The average molecular weight is 296 g/mol. The second-order valence-electron chi connectivity index (χ2n) is 3.76. The molecule has 0 bridgehead atoms. The summed E-state index contributed by atoms with van der Waals surface area (Å²) < 4.78 is 27.5. The molecule has 0 radical (unpaired) electrons. The average Bonchev–Trinajstić information content (AvgIpc) is 2.73. The van der Waals surface area contributed by atoms with Gasteiger partial charge in [-0.15, -0.1) is 0 Å². The quantitative estimate of drug-likeness (QED) is 0.474. The highest BCUT2D eigenvalue weighted by Crippen LogP contribution is 2.47. The summed E-state index contributed by atoms with van der Waals surface area (Å²) in [5.74, 6) is 0. The monoisotopic (exact) mass is 296 g/mol. The molecule has 0 fully saturated rings. The number of hydrogen-bond donors (Lipinski definition) is 3. The summed E-state index contributed by atoms with van der Waals surface area (Å²) in [5.41, 5.74) is 3.14. The highest BCUT2D eigenvalue weighted by Gasteiger charge is 2.17. The van der Waals surface area contributed by atoms with E-state index in [9.17, 15) is 9.13 Å². The summed E-state index contributed by atoms with van der Waals surface area (Å²) in [4.78, 5) is 16.9. The van der Waals surface area contributed by atoms with Crippen LogP contribution in [0.15, 0.2) is 24.5 Å². The number of nitrogens with zero attached hydrogens (tertiary/aromatic N) is 1. The van der Waals surface area contributed by atoms with Gasteiger partial charge in [0.05, 0.1) is 0 Å². The summed E-state index contributed by atoms with van der Waals surface area (Å²) in [6, 6.07) is 3.83. The van der Waals surface area contributed by atoms with E-state index >= 15 is 0 Å². The second-order valence-corrected chi connectivity index (χ2v) is 6.72. The van der Waals surface area contributed by atoms with Crippen LogP contribution < -0.4 is 5.43 Å². The van der Waals surface area contributed by atoms with Gasteiger partial charge in [0.15, 0.2) is 0 Å². The van der Waals surface area contributed by atoms with Crippen LogP contribution in [0.2, 0.25) is 0 Å². The summed E-state index contributed by atoms with van der Waals surface area (Å²) in [6.07, 6.45) is 6.35. The van der Waals surface area contributed by atoms with Crippen molar-refractivity contribution in [1.29, 1.82) is 0 Å². The van der Waals surface area contributed by atoms with E-state index in [1.54, 1.807) is 0 Å². The molecule has 3 N–H and O–H groups in total.